The number of carboxylic acids is 1. The van der Waals surface area contributed by atoms with E-state index in [2.05, 4.69) is 0 Å². The van der Waals surface area contributed by atoms with Gasteiger partial charge >= 0.3 is 23.9 Å². The van der Waals surface area contributed by atoms with Crippen molar-refractivity contribution in [3.05, 3.63) is 129 Å². The van der Waals surface area contributed by atoms with Gasteiger partial charge in [0.15, 0.2) is 11.4 Å². The second-order valence-corrected chi connectivity index (χ2v) is 12.5. The fourth-order valence-electron chi connectivity index (χ4n) is 7.29. The molecule has 1 atom stereocenters. The van der Waals surface area contributed by atoms with Crippen LogP contribution in [0.2, 0.25) is 5.02 Å². The van der Waals surface area contributed by atoms with Crippen LogP contribution in [0, 0.1) is 6.92 Å². The molecule has 0 aliphatic carbocycles. The van der Waals surface area contributed by atoms with Gasteiger partial charge in [-0.3, -0.25) is 9.59 Å². The molecule has 6 aromatic rings. The van der Waals surface area contributed by atoms with E-state index in [1.165, 1.54) is 50.2 Å². The molecule has 1 unspecified atom stereocenters. The molecule has 0 amide bonds. The molecule has 0 aromatic heterocycles. The number of aryl methyl sites for hydroxylation is 1. The molecular weight excluding hydrogens is 660 g/mol. The quantitative estimate of drug-likeness (QED) is 0.110. The Morgan fingerprint density at radius 3 is 1.88 bits per heavy atom. The van der Waals surface area contributed by atoms with E-state index < -0.39 is 29.5 Å². The van der Waals surface area contributed by atoms with Crippen molar-refractivity contribution in [2.24, 2.45) is 0 Å². The number of carbonyl (C=O) groups is 4. The fourth-order valence-corrected chi connectivity index (χ4v) is 7.49. The van der Waals surface area contributed by atoms with Gasteiger partial charge in [0.1, 0.15) is 17.2 Å². The van der Waals surface area contributed by atoms with Crippen LogP contribution in [0.3, 0.4) is 0 Å². The van der Waals surface area contributed by atoms with Crippen LogP contribution in [0.4, 0.5) is 0 Å². The van der Waals surface area contributed by atoms with Crippen LogP contribution < -0.4 is 14.2 Å². The zero-order chi connectivity index (χ0) is 35.1. The Morgan fingerprint density at radius 2 is 1.28 bits per heavy atom. The first-order valence-corrected chi connectivity index (χ1v) is 15.9. The molecule has 1 N–H and O–H groups in total. The Hall–Kier alpha value is -6.19. The minimum absolute atomic E-state index is 0.00467. The maximum Gasteiger partial charge on any atom is 0.340 e. The van der Waals surface area contributed by atoms with Gasteiger partial charge in [0.05, 0.1) is 16.1 Å². The van der Waals surface area contributed by atoms with Crippen LogP contribution in [0.15, 0.2) is 91.0 Å². The molecule has 0 saturated carbocycles. The van der Waals surface area contributed by atoms with Crippen LogP contribution in [-0.2, 0) is 19.9 Å². The highest BCUT2D eigenvalue weighted by Gasteiger charge is 2.56. The third kappa shape index (κ3) is 4.47. The molecular formula is C40H25ClO9. The first kappa shape index (κ1) is 31.1. The third-order valence-electron chi connectivity index (χ3n) is 9.18. The normalized spacial score (nSPS) is 15.6. The summed E-state index contributed by atoms with van der Waals surface area (Å²) in [7, 11) is 0. The van der Waals surface area contributed by atoms with Gasteiger partial charge < -0.3 is 24.1 Å². The SMILES string of the molecule is CC(=O)Oc1cc2c(cc1Cl)C1(OC(=O)c3cccc(C(=O)O)c31)c1cc(-c3c4ccccc4c(C)c4ccccc34)c(OC(C)=O)cc1O2. The summed E-state index contributed by atoms with van der Waals surface area (Å²) in [4.78, 5) is 51.1. The van der Waals surface area contributed by atoms with Crippen LogP contribution in [-0.4, -0.2) is 29.0 Å². The minimum atomic E-state index is -1.90. The highest BCUT2D eigenvalue weighted by molar-refractivity contribution is 6.32. The molecule has 2 heterocycles. The van der Waals surface area contributed by atoms with Crippen molar-refractivity contribution in [3.8, 4) is 34.1 Å². The molecule has 6 aromatic carbocycles. The Morgan fingerprint density at radius 1 is 0.720 bits per heavy atom. The van der Waals surface area contributed by atoms with E-state index >= 15 is 0 Å². The predicted octanol–water partition coefficient (Wildman–Crippen LogP) is 8.74. The number of hydrogen-bond donors (Lipinski definition) is 1. The molecule has 50 heavy (non-hydrogen) atoms. The Labute approximate surface area is 289 Å². The van der Waals surface area contributed by atoms with Crippen molar-refractivity contribution in [1.82, 2.24) is 0 Å². The second-order valence-electron chi connectivity index (χ2n) is 12.1. The molecule has 2 aliphatic rings. The van der Waals surface area contributed by atoms with Crippen molar-refractivity contribution in [3.63, 3.8) is 0 Å². The van der Waals surface area contributed by atoms with E-state index in [0.717, 1.165) is 32.7 Å². The monoisotopic (exact) mass is 684 g/mol. The summed E-state index contributed by atoms with van der Waals surface area (Å²) in [5, 5.41) is 14.1. The molecule has 9 nitrogen and oxygen atoms in total. The van der Waals surface area contributed by atoms with Gasteiger partial charge in [-0.15, -0.1) is 0 Å². The van der Waals surface area contributed by atoms with Crippen molar-refractivity contribution in [2.45, 2.75) is 26.4 Å². The highest BCUT2D eigenvalue weighted by atomic mass is 35.5. The average Bonchev–Trinajstić information content (AvgIpc) is 3.38. The number of esters is 3. The number of carboxylic acid groups (broad SMARTS) is 1. The van der Waals surface area contributed by atoms with Gasteiger partial charge in [-0.2, -0.15) is 0 Å². The van der Waals surface area contributed by atoms with Crippen molar-refractivity contribution in [2.75, 3.05) is 0 Å². The molecule has 246 valence electrons. The van der Waals surface area contributed by atoms with Crippen LogP contribution >= 0.6 is 11.6 Å². The Bertz CT molecular complexity index is 2480. The number of benzene rings is 6. The van der Waals surface area contributed by atoms with Crippen LogP contribution in [0.1, 0.15) is 56.8 Å². The van der Waals surface area contributed by atoms with Crippen LogP contribution in [0.5, 0.6) is 23.0 Å². The number of hydrogen-bond acceptors (Lipinski definition) is 8. The Kier molecular flexibility index (Phi) is 6.95. The van der Waals surface area contributed by atoms with Crippen LogP contribution in [0.25, 0.3) is 32.7 Å². The summed E-state index contributed by atoms with van der Waals surface area (Å²) in [6.45, 7) is 4.55. The molecule has 0 fully saturated rings. The van der Waals surface area contributed by atoms with E-state index in [4.69, 9.17) is 30.5 Å². The lowest BCUT2D eigenvalue weighted by Gasteiger charge is -2.38. The number of halogens is 1. The van der Waals surface area contributed by atoms with Gasteiger partial charge in [-0.25, -0.2) is 9.59 Å². The summed E-state index contributed by atoms with van der Waals surface area (Å²) in [6.07, 6.45) is 0. The van der Waals surface area contributed by atoms with Crippen molar-refractivity contribution in [1.29, 1.82) is 0 Å². The summed E-state index contributed by atoms with van der Waals surface area (Å²) in [5.41, 5.74) is 0.776. The van der Waals surface area contributed by atoms with E-state index in [1.54, 1.807) is 6.07 Å². The summed E-state index contributed by atoms with van der Waals surface area (Å²) in [5.74, 6) is -2.97. The highest BCUT2D eigenvalue weighted by Crippen LogP contribution is 2.60. The molecule has 0 saturated heterocycles. The summed E-state index contributed by atoms with van der Waals surface area (Å²) >= 11 is 6.67. The molecule has 10 heteroatoms. The van der Waals surface area contributed by atoms with Gasteiger partial charge in [-0.1, -0.05) is 66.2 Å². The largest absolute Gasteiger partial charge is 0.478 e. The first-order chi connectivity index (χ1) is 24.0. The maximum absolute atomic E-state index is 13.8. The summed E-state index contributed by atoms with van der Waals surface area (Å²) < 4.78 is 23.9. The standard InChI is InChI=1S/C40H25ClO9/c1-19-22-9-4-6-11-24(22)36(25-12-7-5-10-23(19)25)28-15-29-33(17-32(28)47-20(2)42)49-34-18-35(48-21(3)43)31(41)16-30(34)40(29)37-26(38(44)45)13-8-14-27(37)39(46)50-40/h4-18H,1-3H3,(H,44,45). The van der Waals surface area contributed by atoms with Gasteiger partial charge in [0.2, 0.25) is 0 Å². The first-order valence-electron chi connectivity index (χ1n) is 15.6. The van der Waals surface area contributed by atoms with E-state index in [-0.39, 0.29) is 55.8 Å². The molecule has 8 rings (SSSR count). The predicted molar refractivity (Wildman–Crippen MR) is 184 cm³/mol. The van der Waals surface area contributed by atoms with E-state index in [9.17, 15) is 24.3 Å². The topological polar surface area (TPSA) is 125 Å². The number of aromatic carboxylic acids is 1. The third-order valence-corrected chi connectivity index (χ3v) is 9.48. The molecule has 0 bridgehead atoms. The zero-order valence-electron chi connectivity index (χ0n) is 26.8. The molecule has 0 radical (unpaired) electrons. The lowest BCUT2D eigenvalue weighted by atomic mass is 9.74. The zero-order valence-corrected chi connectivity index (χ0v) is 27.5. The van der Waals surface area contributed by atoms with Crippen molar-refractivity contribution < 1.29 is 43.2 Å². The molecule has 2 aliphatic heterocycles. The summed E-state index contributed by atoms with van der Waals surface area (Å²) in [6, 6.07) is 26.1. The lowest BCUT2D eigenvalue weighted by Crippen LogP contribution is -2.34. The van der Waals surface area contributed by atoms with Gasteiger partial charge in [0.25, 0.3) is 0 Å². The number of fused-ring (bicyclic) bond motifs is 8. The van der Waals surface area contributed by atoms with E-state index in [1.807, 2.05) is 55.5 Å². The van der Waals surface area contributed by atoms with Gasteiger partial charge in [0, 0.05) is 53.8 Å². The smallest absolute Gasteiger partial charge is 0.340 e. The minimum Gasteiger partial charge on any atom is -0.478 e. The number of rotatable bonds is 4. The van der Waals surface area contributed by atoms with Gasteiger partial charge in [-0.05, 0) is 58.3 Å². The maximum atomic E-state index is 13.8. The molecule has 1 spiro atoms. The average molecular weight is 685 g/mol. The van der Waals surface area contributed by atoms with Crippen molar-refractivity contribution >= 4 is 57.0 Å². The Balaban J connectivity index is 1.54. The number of carbonyl (C=O) groups excluding carboxylic acids is 3. The van der Waals surface area contributed by atoms with E-state index in [0.29, 0.717) is 5.56 Å². The fraction of sp³-hybridized carbons (Fsp3) is 0.100. The second kappa shape index (κ2) is 11.2. The lowest BCUT2D eigenvalue weighted by molar-refractivity contribution is -0.132. The number of ether oxygens (including phenoxy) is 4.